The van der Waals surface area contributed by atoms with Gasteiger partial charge in [0.25, 0.3) is 5.56 Å². The van der Waals surface area contributed by atoms with Gasteiger partial charge in [-0.3, -0.25) is 13.9 Å². The van der Waals surface area contributed by atoms with Crippen molar-refractivity contribution in [2.45, 2.75) is 33.4 Å². The molecule has 4 nitrogen and oxygen atoms in total. The molecule has 1 aromatic heterocycles. The zero-order chi connectivity index (χ0) is 12.4. The van der Waals surface area contributed by atoms with E-state index >= 15 is 0 Å². The summed E-state index contributed by atoms with van der Waals surface area (Å²) in [6.45, 7) is 4.91. The van der Waals surface area contributed by atoms with Gasteiger partial charge in [0, 0.05) is 13.1 Å². The Labute approximate surface area is 99.1 Å². The SMILES string of the molecule is CCCn1c(=O)c2ccccc2n(CC)c1=O. The maximum absolute atomic E-state index is 12.2. The Morgan fingerprint density at radius 3 is 2.41 bits per heavy atom. The first-order chi connectivity index (χ1) is 8.20. The summed E-state index contributed by atoms with van der Waals surface area (Å²) in [6.07, 6.45) is 0.775. The van der Waals surface area contributed by atoms with Crippen LogP contribution in [0, 0.1) is 0 Å². The van der Waals surface area contributed by atoms with Gasteiger partial charge < -0.3 is 0 Å². The van der Waals surface area contributed by atoms with Crippen molar-refractivity contribution >= 4 is 10.9 Å². The van der Waals surface area contributed by atoms with Crippen LogP contribution in [0.2, 0.25) is 0 Å². The highest BCUT2D eigenvalue weighted by Crippen LogP contribution is 2.07. The predicted octanol–water partition coefficient (Wildman–Crippen LogP) is 1.59. The van der Waals surface area contributed by atoms with Crippen molar-refractivity contribution in [3.05, 3.63) is 45.1 Å². The van der Waals surface area contributed by atoms with Crippen LogP contribution in [0.3, 0.4) is 0 Å². The molecule has 0 aliphatic heterocycles. The van der Waals surface area contributed by atoms with Gasteiger partial charge in [0.1, 0.15) is 0 Å². The number of benzene rings is 1. The van der Waals surface area contributed by atoms with E-state index in [0.717, 1.165) is 11.9 Å². The average molecular weight is 232 g/mol. The van der Waals surface area contributed by atoms with Crippen molar-refractivity contribution in [1.29, 1.82) is 0 Å². The Morgan fingerprint density at radius 2 is 1.76 bits per heavy atom. The van der Waals surface area contributed by atoms with Crippen molar-refractivity contribution in [3.8, 4) is 0 Å². The van der Waals surface area contributed by atoms with Crippen LogP contribution in [0.25, 0.3) is 10.9 Å². The third kappa shape index (κ3) is 1.79. The lowest BCUT2D eigenvalue weighted by Gasteiger charge is -2.11. The van der Waals surface area contributed by atoms with Crippen LogP contribution in [-0.2, 0) is 13.1 Å². The van der Waals surface area contributed by atoms with Crippen LogP contribution in [0.1, 0.15) is 20.3 Å². The quantitative estimate of drug-likeness (QED) is 0.806. The van der Waals surface area contributed by atoms with Crippen molar-refractivity contribution < 1.29 is 0 Å². The number of aromatic nitrogens is 2. The topological polar surface area (TPSA) is 44.0 Å². The fourth-order valence-electron chi connectivity index (χ4n) is 2.10. The second-order valence-corrected chi connectivity index (χ2v) is 4.00. The lowest BCUT2D eigenvalue weighted by Crippen LogP contribution is -2.39. The van der Waals surface area contributed by atoms with Gasteiger partial charge in [-0.05, 0) is 25.5 Å². The average Bonchev–Trinajstić information content (AvgIpc) is 2.35. The van der Waals surface area contributed by atoms with E-state index in [9.17, 15) is 9.59 Å². The smallest absolute Gasteiger partial charge is 0.293 e. The first kappa shape index (κ1) is 11.6. The maximum Gasteiger partial charge on any atom is 0.331 e. The third-order valence-corrected chi connectivity index (χ3v) is 2.90. The number of hydrogen-bond donors (Lipinski definition) is 0. The molecule has 2 aromatic rings. The summed E-state index contributed by atoms with van der Waals surface area (Å²) in [5.41, 5.74) is 0.326. The van der Waals surface area contributed by atoms with Gasteiger partial charge in [0.2, 0.25) is 0 Å². The van der Waals surface area contributed by atoms with Crippen LogP contribution in [0.15, 0.2) is 33.9 Å². The van der Waals surface area contributed by atoms with Crippen molar-refractivity contribution in [1.82, 2.24) is 9.13 Å². The molecule has 0 spiro atoms. The van der Waals surface area contributed by atoms with Gasteiger partial charge in [-0.15, -0.1) is 0 Å². The Morgan fingerprint density at radius 1 is 1.06 bits per heavy atom. The van der Waals surface area contributed by atoms with Gasteiger partial charge in [-0.2, -0.15) is 0 Å². The minimum atomic E-state index is -0.210. The van der Waals surface area contributed by atoms with Gasteiger partial charge in [-0.1, -0.05) is 19.1 Å². The molecule has 0 radical (unpaired) electrons. The van der Waals surface area contributed by atoms with Gasteiger partial charge in [0.15, 0.2) is 0 Å². The molecule has 17 heavy (non-hydrogen) atoms. The molecule has 1 aromatic carbocycles. The molecule has 0 atom stereocenters. The van der Waals surface area contributed by atoms with Gasteiger partial charge >= 0.3 is 5.69 Å². The van der Waals surface area contributed by atoms with Crippen LogP contribution in [0.5, 0.6) is 0 Å². The van der Waals surface area contributed by atoms with Crippen molar-refractivity contribution in [2.75, 3.05) is 0 Å². The summed E-state index contributed by atoms with van der Waals surface area (Å²) in [7, 11) is 0. The lowest BCUT2D eigenvalue weighted by molar-refractivity contribution is 0.575. The van der Waals surface area contributed by atoms with Crippen LogP contribution >= 0.6 is 0 Å². The van der Waals surface area contributed by atoms with Crippen LogP contribution < -0.4 is 11.2 Å². The van der Waals surface area contributed by atoms with Gasteiger partial charge in [0.05, 0.1) is 10.9 Å². The van der Waals surface area contributed by atoms with E-state index in [1.165, 1.54) is 4.57 Å². The first-order valence-corrected chi connectivity index (χ1v) is 5.93. The second-order valence-electron chi connectivity index (χ2n) is 4.00. The molecule has 0 bridgehead atoms. The largest absolute Gasteiger partial charge is 0.331 e. The van der Waals surface area contributed by atoms with E-state index in [4.69, 9.17) is 0 Å². The molecular formula is C13H16N2O2. The molecule has 90 valence electrons. The lowest BCUT2D eigenvalue weighted by atomic mass is 10.2. The number of para-hydroxylation sites is 1. The standard InChI is InChI=1S/C13H16N2O2/c1-3-9-15-12(16)10-7-5-6-8-11(10)14(4-2)13(15)17/h5-8H,3-4,9H2,1-2H3. The van der Waals surface area contributed by atoms with E-state index in [2.05, 4.69) is 0 Å². The Hall–Kier alpha value is -1.84. The van der Waals surface area contributed by atoms with Crippen LogP contribution in [0.4, 0.5) is 0 Å². The third-order valence-electron chi connectivity index (χ3n) is 2.90. The fraction of sp³-hybridized carbons (Fsp3) is 0.385. The summed E-state index contributed by atoms with van der Waals surface area (Å²) in [6, 6.07) is 7.26. The summed E-state index contributed by atoms with van der Waals surface area (Å²) in [5.74, 6) is 0. The first-order valence-electron chi connectivity index (χ1n) is 5.93. The Kier molecular flexibility index (Phi) is 3.13. The number of nitrogens with zero attached hydrogens (tertiary/aromatic N) is 2. The summed E-state index contributed by atoms with van der Waals surface area (Å²) in [5, 5.41) is 0.613. The number of rotatable bonds is 3. The normalized spacial score (nSPS) is 10.9. The number of hydrogen-bond acceptors (Lipinski definition) is 2. The molecule has 0 aliphatic carbocycles. The highest BCUT2D eigenvalue weighted by atomic mass is 16.2. The molecule has 0 unspecified atom stereocenters. The van der Waals surface area contributed by atoms with Crippen molar-refractivity contribution in [2.24, 2.45) is 0 Å². The van der Waals surface area contributed by atoms with E-state index < -0.39 is 0 Å². The molecule has 0 aliphatic rings. The van der Waals surface area contributed by atoms with E-state index in [1.807, 2.05) is 32.0 Å². The zero-order valence-electron chi connectivity index (χ0n) is 10.1. The predicted molar refractivity (Wildman–Crippen MR) is 68.4 cm³/mol. The zero-order valence-corrected chi connectivity index (χ0v) is 10.1. The van der Waals surface area contributed by atoms with E-state index in [-0.39, 0.29) is 11.2 Å². The van der Waals surface area contributed by atoms with E-state index in [1.54, 1.807) is 10.6 Å². The molecular weight excluding hydrogens is 216 g/mol. The van der Waals surface area contributed by atoms with Crippen molar-refractivity contribution in [3.63, 3.8) is 0 Å². The molecule has 2 rings (SSSR count). The number of aryl methyl sites for hydroxylation is 1. The molecule has 0 fully saturated rings. The number of fused-ring (bicyclic) bond motifs is 1. The second kappa shape index (κ2) is 4.57. The minimum Gasteiger partial charge on any atom is -0.293 e. The monoisotopic (exact) mass is 232 g/mol. The maximum atomic E-state index is 12.2. The molecule has 1 heterocycles. The highest BCUT2D eigenvalue weighted by Gasteiger charge is 2.10. The Bertz CT molecular complexity index is 652. The fourth-order valence-corrected chi connectivity index (χ4v) is 2.10. The summed E-state index contributed by atoms with van der Waals surface area (Å²) < 4.78 is 2.97. The van der Waals surface area contributed by atoms with Crippen LogP contribution in [-0.4, -0.2) is 9.13 Å². The van der Waals surface area contributed by atoms with Gasteiger partial charge in [-0.25, -0.2) is 4.79 Å². The molecule has 4 heteroatoms. The summed E-state index contributed by atoms with van der Waals surface area (Å²) >= 11 is 0. The van der Waals surface area contributed by atoms with E-state index in [0.29, 0.717) is 18.5 Å². The Balaban J connectivity index is 2.95. The minimum absolute atomic E-state index is 0.183. The summed E-state index contributed by atoms with van der Waals surface area (Å²) in [4.78, 5) is 24.3. The highest BCUT2D eigenvalue weighted by molar-refractivity contribution is 5.77. The molecule has 0 N–H and O–H groups in total. The molecule has 0 amide bonds. The molecule has 0 saturated heterocycles. The molecule has 0 saturated carbocycles.